The van der Waals surface area contributed by atoms with E-state index in [2.05, 4.69) is 31.2 Å². The number of pyridine rings is 1. The van der Waals surface area contributed by atoms with Gasteiger partial charge in [0.05, 0.1) is 40.3 Å². The molecule has 2 atom stereocenters. The highest BCUT2D eigenvalue weighted by Gasteiger charge is 2.34. The number of aromatic nitrogens is 4. The number of nitrogens with one attached hydrogen (secondary N) is 3. The Balaban J connectivity index is 0.999. The van der Waals surface area contributed by atoms with Gasteiger partial charge in [0.25, 0.3) is 11.8 Å². The van der Waals surface area contributed by atoms with E-state index in [9.17, 15) is 18.0 Å². The van der Waals surface area contributed by atoms with Gasteiger partial charge in [-0.05, 0) is 60.5 Å². The maximum atomic E-state index is 13.2. The Labute approximate surface area is 263 Å². The predicted octanol–water partition coefficient (Wildman–Crippen LogP) is 2.82. The quantitative estimate of drug-likeness (QED) is 0.193. The zero-order valence-electron chi connectivity index (χ0n) is 24.3. The van der Waals surface area contributed by atoms with Crippen molar-refractivity contribution < 1.29 is 27.6 Å². The van der Waals surface area contributed by atoms with E-state index >= 15 is 0 Å². The smallest absolute Gasteiger partial charge is 0.257 e. The normalized spacial score (nSPS) is 18.6. The van der Waals surface area contributed by atoms with Crippen LogP contribution in [0.5, 0.6) is 0 Å². The van der Waals surface area contributed by atoms with Gasteiger partial charge >= 0.3 is 0 Å². The third-order valence-corrected chi connectivity index (χ3v) is 10.7. The summed E-state index contributed by atoms with van der Waals surface area (Å²) < 4.78 is 32.6. The van der Waals surface area contributed by atoms with Gasteiger partial charge in [-0.15, -0.1) is 16.9 Å². The van der Waals surface area contributed by atoms with E-state index in [0.717, 1.165) is 17.7 Å². The summed E-state index contributed by atoms with van der Waals surface area (Å²) in [6.45, 7) is 1.19. The van der Waals surface area contributed by atoms with Crippen molar-refractivity contribution in [1.29, 1.82) is 0 Å². The fourth-order valence-electron chi connectivity index (χ4n) is 4.99. The minimum absolute atomic E-state index is 0.0586. The molecule has 2 aromatic heterocycles. The topological polar surface area (TPSA) is 166 Å². The first kappa shape index (κ1) is 30.6. The van der Waals surface area contributed by atoms with E-state index < -0.39 is 21.7 Å². The molecule has 15 heteroatoms. The molecular weight excluding hydrogens is 619 g/mol. The van der Waals surface area contributed by atoms with E-state index in [4.69, 9.17) is 9.57 Å². The van der Waals surface area contributed by atoms with Gasteiger partial charge < -0.3 is 25.5 Å². The number of carbonyl (C=O) groups is 2. The lowest BCUT2D eigenvalue weighted by molar-refractivity contribution is -0.00684. The summed E-state index contributed by atoms with van der Waals surface area (Å²) in [5, 5.41) is 16.8. The molecule has 1 fully saturated rings. The van der Waals surface area contributed by atoms with Crippen molar-refractivity contribution in [3.8, 4) is 0 Å². The molecule has 0 spiro atoms. The number of anilines is 1. The Bertz CT molecular complexity index is 1880. The average molecular weight is 650 g/mol. The summed E-state index contributed by atoms with van der Waals surface area (Å²) in [6, 6.07) is 13.8. The molecule has 45 heavy (non-hydrogen) atoms. The zero-order valence-corrected chi connectivity index (χ0v) is 25.9. The average Bonchev–Trinajstić information content (AvgIpc) is 3.42. The molecule has 0 bridgehead atoms. The summed E-state index contributed by atoms with van der Waals surface area (Å²) >= 11 is 1.64. The Morgan fingerprint density at radius 2 is 2.00 bits per heavy atom. The SMILES string of the molecule is CN/C=C(/CNC(=O)c1ccc2c(c1)NC(=O)c1ccccc1S2(=O)=O)SC1CC[C@H]1OCCCOn1nnc2cccnc21. The molecule has 2 amide bonds. The fourth-order valence-corrected chi connectivity index (χ4v) is 7.93. The minimum Gasteiger partial charge on any atom is -0.394 e. The summed E-state index contributed by atoms with van der Waals surface area (Å²) in [4.78, 5) is 37.9. The highest BCUT2D eigenvalue weighted by molar-refractivity contribution is 8.03. The number of nitrogens with zero attached hydrogens (tertiary/aromatic N) is 4. The Morgan fingerprint density at radius 3 is 2.82 bits per heavy atom. The van der Waals surface area contributed by atoms with E-state index in [1.165, 1.54) is 35.2 Å². The molecule has 3 N–H and O–H groups in total. The molecule has 6 rings (SSSR count). The summed E-state index contributed by atoms with van der Waals surface area (Å²) in [7, 11) is -2.16. The second kappa shape index (κ2) is 13.3. The van der Waals surface area contributed by atoms with Crippen molar-refractivity contribution in [1.82, 2.24) is 30.8 Å². The lowest BCUT2D eigenvalue weighted by atomic mass is 9.95. The van der Waals surface area contributed by atoms with Gasteiger partial charge in [-0.25, -0.2) is 13.4 Å². The number of rotatable bonds is 12. The molecule has 1 saturated carbocycles. The van der Waals surface area contributed by atoms with E-state index in [0.29, 0.717) is 30.8 Å². The zero-order chi connectivity index (χ0) is 31.4. The van der Waals surface area contributed by atoms with Gasteiger partial charge in [-0.3, -0.25) is 9.59 Å². The maximum Gasteiger partial charge on any atom is 0.257 e. The number of thioether (sulfide) groups is 1. The number of amides is 2. The molecule has 1 unspecified atom stereocenters. The van der Waals surface area contributed by atoms with E-state index in [-0.39, 0.29) is 44.5 Å². The molecule has 0 radical (unpaired) electrons. The largest absolute Gasteiger partial charge is 0.394 e. The molecule has 1 aliphatic carbocycles. The predicted molar refractivity (Wildman–Crippen MR) is 168 cm³/mol. The lowest BCUT2D eigenvalue weighted by Crippen LogP contribution is -2.38. The Morgan fingerprint density at radius 1 is 1.13 bits per heavy atom. The summed E-state index contributed by atoms with van der Waals surface area (Å²) in [6.07, 6.45) is 6.19. The molecule has 0 saturated heterocycles. The number of benzene rings is 2. The van der Waals surface area contributed by atoms with Crippen LogP contribution in [0.1, 0.15) is 40.0 Å². The van der Waals surface area contributed by atoms with Crippen LogP contribution in [0.15, 0.2) is 81.7 Å². The molecule has 1 aliphatic heterocycles. The van der Waals surface area contributed by atoms with Gasteiger partial charge in [-0.1, -0.05) is 17.0 Å². The number of fused-ring (bicyclic) bond motifs is 3. The van der Waals surface area contributed by atoms with Crippen molar-refractivity contribution in [2.24, 2.45) is 0 Å². The number of hydrogen-bond acceptors (Lipinski definition) is 11. The van der Waals surface area contributed by atoms with Gasteiger partial charge in [0.1, 0.15) is 12.1 Å². The maximum absolute atomic E-state index is 13.2. The van der Waals surface area contributed by atoms with Crippen molar-refractivity contribution >= 4 is 50.3 Å². The Hall–Kier alpha value is -4.47. The van der Waals surface area contributed by atoms with Crippen LogP contribution in [0.4, 0.5) is 5.69 Å². The van der Waals surface area contributed by atoms with Gasteiger partial charge in [0.2, 0.25) is 15.5 Å². The van der Waals surface area contributed by atoms with E-state index in [1.54, 1.807) is 43.2 Å². The fraction of sp³-hybridized carbons (Fsp3) is 0.300. The molecule has 3 heterocycles. The number of hydrogen-bond donors (Lipinski definition) is 3. The van der Waals surface area contributed by atoms with Crippen LogP contribution in [0.2, 0.25) is 0 Å². The molecule has 2 aromatic carbocycles. The van der Waals surface area contributed by atoms with Gasteiger partial charge in [0.15, 0.2) is 0 Å². The van der Waals surface area contributed by atoms with Crippen molar-refractivity contribution in [2.75, 3.05) is 32.1 Å². The minimum atomic E-state index is -3.95. The summed E-state index contributed by atoms with van der Waals surface area (Å²) in [5.41, 5.74) is 1.58. The second-order valence-corrected chi connectivity index (χ2v) is 13.6. The van der Waals surface area contributed by atoms with Crippen LogP contribution in [-0.4, -0.2) is 78.5 Å². The highest BCUT2D eigenvalue weighted by Crippen LogP contribution is 2.38. The molecule has 13 nitrogen and oxygen atoms in total. The van der Waals surface area contributed by atoms with Crippen LogP contribution in [0, 0.1) is 0 Å². The lowest BCUT2D eigenvalue weighted by Gasteiger charge is -2.36. The van der Waals surface area contributed by atoms with Crippen molar-refractivity contribution in [3.63, 3.8) is 0 Å². The van der Waals surface area contributed by atoms with Crippen LogP contribution >= 0.6 is 11.8 Å². The number of carbonyl (C=O) groups excluding carboxylic acids is 2. The van der Waals surface area contributed by atoms with Crippen LogP contribution in [0.25, 0.3) is 11.2 Å². The van der Waals surface area contributed by atoms with Crippen LogP contribution in [0.3, 0.4) is 0 Å². The molecule has 234 valence electrons. The Kier molecular flexibility index (Phi) is 9.00. The van der Waals surface area contributed by atoms with Crippen LogP contribution < -0.4 is 20.8 Å². The standard InChI is InChI=1S/C30H31N7O6S2/c1-31-17-20(44-25-11-10-24(25)42-14-5-15-43-37-28-22(35-36-37)7-4-13-32-28)18-33-29(38)19-9-12-27-23(16-19)34-30(39)21-6-2-3-8-26(21)45(27,40)41/h2-4,6-9,12-13,16-17,24-25,31H,5,10-11,14-15,18H2,1H3,(H,33,38)(H,34,39)/b20-17-/t24-,25?/m1/s1. The van der Waals surface area contributed by atoms with Gasteiger partial charge in [-0.2, -0.15) is 0 Å². The first-order valence-electron chi connectivity index (χ1n) is 14.4. The van der Waals surface area contributed by atoms with Crippen LogP contribution in [-0.2, 0) is 14.6 Å². The molecule has 2 aliphatic rings. The number of sulfone groups is 1. The third-order valence-electron chi connectivity index (χ3n) is 7.40. The van der Waals surface area contributed by atoms with E-state index in [1.807, 2.05) is 12.3 Å². The second-order valence-electron chi connectivity index (χ2n) is 10.4. The third kappa shape index (κ3) is 6.50. The highest BCUT2D eigenvalue weighted by atomic mass is 32.2. The number of ether oxygens (including phenoxy) is 1. The first-order valence-corrected chi connectivity index (χ1v) is 16.7. The van der Waals surface area contributed by atoms with Gasteiger partial charge in [0, 0.05) is 41.6 Å². The first-order chi connectivity index (χ1) is 21.8. The monoisotopic (exact) mass is 649 g/mol. The molecular formula is C30H31N7O6S2. The van der Waals surface area contributed by atoms with Crippen molar-refractivity contribution in [2.45, 2.75) is 40.4 Å². The van der Waals surface area contributed by atoms with Crippen molar-refractivity contribution in [3.05, 3.63) is 83.0 Å². The molecule has 4 aromatic rings. The summed E-state index contributed by atoms with van der Waals surface area (Å²) in [5.74, 6) is -0.947.